The van der Waals surface area contributed by atoms with Gasteiger partial charge in [-0.05, 0) is 50.5 Å². The molecular formula is C23H28ClN7. The largest absolute Gasteiger partial charge is 0.365 e. The molecule has 8 heteroatoms. The van der Waals surface area contributed by atoms with Crippen LogP contribution in [0, 0.1) is 25.2 Å². The standard InChI is InChI=1S/C23H28ClN7/c1-7-31(18-10-15(4)27-20(24)12-18)21(8-9-25)26-13-17-11-19(14(2)3)22-16(5)29-30(6)23(22)28-17/h8,10-12,14,26H,7,13H2,1-6H3/b21-8-. The third-order valence-electron chi connectivity index (χ3n) is 5.15. The number of aryl methyl sites for hydroxylation is 3. The van der Waals surface area contributed by atoms with Crippen molar-refractivity contribution in [2.75, 3.05) is 11.4 Å². The van der Waals surface area contributed by atoms with Gasteiger partial charge in [-0.2, -0.15) is 10.4 Å². The molecule has 1 N–H and O–H groups in total. The lowest BCUT2D eigenvalue weighted by atomic mass is 9.99. The maximum Gasteiger partial charge on any atom is 0.158 e. The first-order chi connectivity index (χ1) is 14.7. The maximum absolute atomic E-state index is 9.37. The predicted molar refractivity (Wildman–Crippen MR) is 125 cm³/mol. The number of halogens is 1. The van der Waals surface area contributed by atoms with Gasteiger partial charge in [0.2, 0.25) is 0 Å². The molecule has 3 aromatic rings. The van der Waals surface area contributed by atoms with Gasteiger partial charge >= 0.3 is 0 Å². The molecule has 0 bridgehead atoms. The normalized spacial score (nSPS) is 11.8. The van der Waals surface area contributed by atoms with Crippen LogP contribution in [0.25, 0.3) is 11.0 Å². The van der Waals surface area contributed by atoms with Crippen molar-refractivity contribution in [1.29, 1.82) is 5.26 Å². The van der Waals surface area contributed by atoms with Crippen molar-refractivity contribution in [1.82, 2.24) is 25.1 Å². The summed E-state index contributed by atoms with van der Waals surface area (Å²) in [5, 5.41) is 18.9. The van der Waals surface area contributed by atoms with Gasteiger partial charge in [0.05, 0.1) is 30.1 Å². The number of aromatic nitrogens is 4. The Morgan fingerprint density at radius 2 is 2.03 bits per heavy atom. The van der Waals surface area contributed by atoms with Crippen LogP contribution >= 0.6 is 11.6 Å². The van der Waals surface area contributed by atoms with E-state index >= 15 is 0 Å². The van der Waals surface area contributed by atoms with Crippen molar-refractivity contribution < 1.29 is 0 Å². The number of pyridine rings is 2. The van der Waals surface area contributed by atoms with Gasteiger partial charge in [0.25, 0.3) is 0 Å². The molecule has 0 aliphatic heterocycles. The summed E-state index contributed by atoms with van der Waals surface area (Å²) < 4.78 is 1.83. The van der Waals surface area contributed by atoms with Crippen LogP contribution in [0.15, 0.2) is 30.1 Å². The SMILES string of the molecule is CCN(/C(=C\C#N)NCc1cc(C(C)C)c2c(C)nn(C)c2n1)c1cc(C)nc(Cl)c1. The molecule has 0 saturated carbocycles. The van der Waals surface area contributed by atoms with Gasteiger partial charge in [-0.1, -0.05) is 25.4 Å². The third kappa shape index (κ3) is 4.80. The summed E-state index contributed by atoms with van der Waals surface area (Å²) in [6, 6.07) is 8.01. The maximum atomic E-state index is 9.37. The number of anilines is 1. The minimum atomic E-state index is 0.343. The second-order valence-corrected chi connectivity index (χ2v) is 8.20. The zero-order valence-corrected chi connectivity index (χ0v) is 19.6. The molecule has 162 valence electrons. The van der Waals surface area contributed by atoms with Crippen molar-refractivity contribution in [3.05, 3.63) is 57.9 Å². The van der Waals surface area contributed by atoms with Crippen LogP contribution in [-0.2, 0) is 13.6 Å². The highest BCUT2D eigenvalue weighted by atomic mass is 35.5. The van der Waals surface area contributed by atoms with Crippen LogP contribution in [-0.4, -0.2) is 26.3 Å². The van der Waals surface area contributed by atoms with E-state index in [1.807, 2.05) is 43.5 Å². The highest BCUT2D eigenvalue weighted by molar-refractivity contribution is 6.29. The van der Waals surface area contributed by atoms with Gasteiger partial charge in [-0.25, -0.2) is 9.97 Å². The van der Waals surface area contributed by atoms with Crippen LogP contribution in [0.2, 0.25) is 5.15 Å². The van der Waals surface area contributed by atoms with Crippen LogP contribution in [0.4, 0.5) is 5.69 Å². The molecule has 3 heterocycles. The molecule has 0 fully saturated rings. The Morgan fingerprint density at radius 3 is 2.65 bits per heavy atom. The third-order valence-corrected chi connectivity index (χ3v) is 5.35. The average molecular weight is 438 g/mol. The van der Waals surface area contributed by atoms with E-state index in [2.05, 4.69) is 41.4 Å². The van der Waals surface area contributed by atoms with E-state index in [1.165, 1.54) is 11.6 Å². The molecule has 0 amide bonds. The summed E-state index contributed by atoms with van der Waals surface area (Å²) in [4.78, 5) is 11.1. The summed E-state index contributed by atoms with van der Waals surface area (Å²) in [6.45, 7) is 11.4. The predicted octanol–water partition coefficient (Wildman–Crippen LogP) is 4.74. The van der Waals surface area contributed by atoms with Crippen molar-refractivity contribution in [3.63, 3.8) is 0 Å². The lowest BCUT2D eigenvalue weighted by Gasteiger charge is -2.27. The van der Waals surface area contributed by atoms with Gasteiger partial charge in [0.15, 0.2) is 5.65 Å². The molecule has 3 aromatic heterocycles. The molecule has 7 nitrogen and oxygen atoms in total. The van der Waals surface area contributed by atoms with E-state index in [1.54, 1.807) is 6.07 Å². The number of nitrogens with zero attached hydrogens (tertiary/aromatic N) is 6. The fraction of sp³-hybridized carbons (Fsp3) is 0.391. The minimum absolute atomic E-state index is 0.343. The summed E-state index contributed by atoms with van der Waals surface area (Å²) in [7, 11) is 1.92. The van der Waals surface area contributed by atoms with Gasteiger partial charge in [0, 0.05) is 30.4 Å². The van der Waals surface area contributed by atoms with Crippen LogP contribution in [0.5, 0.6) is 0 Å². The molecule has 0 aliphatic rings. The van der Waals surface area contributed by atoms with Gasteiger partial charge in [-0.3, -0.25) is 4.68 Å². The molecule has 0 saturated heterocycles. The lowest BCUT2D eigenvalue weighted by molar-refractivity contribution is 0.727. The fourth-order valence-electron chi connectivity index (χ4n) is 3.80. The van der Waals surface area contributed by atoms with Crippen molar-refractivity contribution >= 4 is 28.3 Å². The number of fused-ring (bicyclic) bond motifs is 1. The first-order valence-electron chi connectivity index (χ1n) is 10.3. The average Bonchev–Trinajstić information content (AvgIpc) is 2.99. The molecule has 0 unspecified atom stereocenters. The number of hydrogen-bond acceptors (Lipinski definition) is 6. The fourth-order valence-corrected chi connectivity index (χ4v) is 4.05. The first-order valence-corrected chi connectivity index (χ1v) is 10.7. The zero-order valence-electron chi connectivity index (χ0n) is 18.9. The van der Waals surface area contributed by atoms with E-state index in [0.717, 1.165) is 33.8 Å². The highest BCUT2D eigenvalue weighted by Crippen LogP contribution is 2.28. The quantitative estimate of drug-likeness (QED) is 0.424. The van der Waals surface area contributed by atoms with Crippen molar-refractivity contribution in [3.8, 4) is 6.07 Å². The Balaban J connectivity index is 1.95. The number of allylic oxidation sites excluding steroid dienone is 1. The second-order valence-electron chi connectivity index (χ2n) is 7.81. The number of nitrogens with one attached hydrogen (secondary N) is 1. The van der Waals surface area contributed by atoms with Gasteiger partial charge in [-0.15, -0.1) is 0 Å². The monoisotopic (exact) mass is 437 g/mol. The molecular weight excluding hydrogens is 410 g/mol. The molecule has 0 atom stereocenters. The summed E-state index contributed by atoms with van der Waals surface area (Å²) in [5.41, 5.74) is 5.67. The number of rotatable bonds is 7. The highest BCUT2D eigenvalue weighted by Gasteiger charge is 2.17. The summed E-state index contributed by atoms with van der Waals surface area (Å²) >= 11 is 6.16. The Labute approximate surface area is 188 Å². The van der Waals surface area contributed by atoms with Crippen molar-refractivity contribution in [2.24, 2.45) is 7.05 Å². The molecule has 3 rings (SSSR count). The lowest BCUT2D eigenvalue weighted by Crippen LogP contribution is -2.32. The number of hydrogen-bond donors (Lipinski definition) is 1. The Bertz CT molecular complexity index is 1150. The summed E-state index contributed by atoms with van der Waals surface area (Å²) in [5.74, 6) is 1.02. The Hall–Kier alpha value is -3.11. The van der Waals surface area contributed by atoms with Gasteiger partial charge in [0.1, 0.15) is 11.0 Å². The van der Waals surface area contributed by atoms with Crippen LogP contribution in [0.1, 0.15) is 49.3 Å². The molecule has 0 aromatic carbocycles. The molecule has 31 heavy (non-hydrogen) atoms. The second kappa shape index (κ2) is 9.36. The molecule has 0 aliphatic carbocycles. The molecule has 0 radical (unpaired) electrons. The van der Waals surface area contributed by atoms with E-state index in [4.69, 9.17) is 16.6 Å². The topological polar surface area (TPSA) is 82.7 Å². The Morgan fingerprint density at radius 1 is 1.29 bits per heavy atom. The van der Waals surface area contributed by atoms with E-state index in [0.29, 0.717) is 30.0 Å². The van der Waals surface area contributed by atoms with E-state index in [9.17, 15) is 5.26 Å². The van der Waals surface area contributed by atoms with Crippen molar-refractivity contribution in [2.45, 2.75) is 47.1 Å². The van der Waals surface area contributed by atoms with E-state index < -0.39 is 0 Å². The first kappa shape index (κ1) is 22.6. The van der Waals surface area contributed by atoms with Gasteiger partial charge < -0.3 is 10.2 Å². The minimum Gasteiger partial charge on any atom is -0.365 e. The zero-order chi connectivity index (χ0) is 22.7. The van der Waals surface area contributed by atoms with E-state index in [-0.39, 0.29) is 0 Å². The number of nitriles is 1. The smallest absolute Gasteiger partial charge is 0.158 e. The molecule has 0 spiro atoms. The van der Waals surface area contributed by atoms with Crippen LogP contribution < -0.4 is 10.2 Å². The Kier molecular flexibility index (Phi) is 6.81. The summed E-state index contributed by atoms with van der Waals surface area (Å²) in [6.07, 6.45) is 1.50. The van der Waals surface area contributed by atoms with Crippen LogP contribution in [0.3, 0.4) is 0 Å².